The van der Waals surface area contributed by atoms with Crippen molar-refractivity contribution in [2.75, 3.05) is 35.2 Å². The zero-order valence-electron chi connectivity index (χ0n) is 18.6. The first-order chi connectivity index (χ1) is 15.1. The van der Waals surface area contributed by atoms with Crippen LogP contribution in [0.2, 0.25) is 0 Å². The summed E-state index contributed by atoms with van der Waals surface area (Å²) >= 11 is 0. The lowest BCUT2D eigenvalue weighted by atomic mass is 10.1. The fourth-order valence-corrected chi connectivity index (χ4v) is 3.78. The lowest BCUT2D eigenvalue weighted by Gasteiger charge is -2.28. The van der Waals surface area contributed by atoms with Gasteiger partial charge in [-0.1, -0.05) is 12.1 Å². The molecule has 2 N–H and O–H groups in total. The van der Waals surface area contributed by atoms with Gasteiger partial charge in [-0.15, -0.1) is 0 Å². The number of nitrogens with zero attached hydrogens (tertiary/aromatic N) is 3. The van der Waals surface area contributed by atoms with Crippen LogP contribution in [0.15, 0.2) is 48.5 Å². The first kappa shape index (κ1) is 21.0. The molecular formula is C25H31N5O. The van der Waals surface area contributed by atoms with Crippen molar-refractivity contribution in [3.05, 3.63) is 59.7 Å². The molecule has 0 bridgehead atoms. The van der Waals surface area contributed by atoms with Crippen LogP contribution in [0.4, 0.5) is 29.0 Å². The van der Waals surface area contributed by atoms with Crippen molar-refractivity contribution in [1.82, 2.24) is 9.97 Å². The Morgan fingerprint density at radius 3 is 2.42 bits per heavy atom. The standard InChI is InChI=1S/C25H31N5O/c1-4-31-21-12-10-20(11-13-21)26-25-28-23(27-22-16-18(2)8-9-19(22)3)17-24(29-25)30-14-6-5-7-15-30/h8-13,16-17H,4-7,14-15H2,1-3H3,(H2,26,27,28,29). The van der Waals surface area contributed by atoms with E-state index in [2.05, 4.69) is 53.6 Å². The molecule has 1 aromatic heterocycles. The third kappa shape index (κ3) is 5.45. The summed E-state index contributed by atoms with van der Waals surface area (Å²) < 4.78 is 5.54. The Morgan fingerprint density at radius 1 is 0.903 bits per heavy atom. The number of anilines is 5. The molecule has 6 nitrogen and oxygen atoms in total. The molecule has 1 saturated heterocycles. The first-order valence-electron chi connectivity index (χ1n) is 11.1. The summed E-state index contributed by atoms with van der Waals surface area (Å²) in [5.74, 6) is 3.18. The maximum absolute atomic E-state index is 5.54. The van der Waals surface area contributed by atoms with Crippen LogP contribution in [0.25, 0.3) is 0 Å². The van der Waals surface area contributed by atoms with Crippen molar-refractivity contribution in [3.63, 3.8) is 0 Å². The Labute approximate surface area is 184 Å². The Kier molecular flexibility index (Phi) is 6.55. The molecule has 0 unspecified atom stereocenters. The van der Waals surface area contributed by atoms with Crippen LogP contribution in [-0.4, -0.2) is 29.7 Å². The van der Waals surface area contributed by atoms with Gasteiger partial charge in [-0.2, -0.15) is 9.97 Å². The minimum absolute atomic E-state index is 0.583. The van der Waals surface area contributed by atoms with Crippen molar-refractivity contribution in [3.8, 4) is 5.75 Å². The second kappa shape index (κ2) is 9.69. The average Bonchev–Trinajstić information content (AvgIpc) is 2.78. The fourth-order valence-electron chi connectivity index (χ4n) is 3.78. The minimum atomic E-state index is 0.583. The molecule has 1 aliphatic rings. The molecule has 0 spiro atoms. The second-order valence-corrected chi connectivity index (χ2v) is 8.01. The number of rotatable bonds is 7. The molecule has 1 aliphatic heterocycles. The highest BCUT2D eigenvalue weighted by atomic mass is 16.5. The van der Waals surface area contributed by atoms with E-state index in [-0.39, 0.29) is 0 Å². The van der Waals surface area contributed by atoms with Gasteiger partial charge >= 0.3 is 0 Å². The van der Waals surface area contributed by atoms with Crippen molar-refractivity contribution in [1.29, 1.82) is 0 Å². The minimum Gasteiger partial charge on any atom is -0.494 e. The van der Waals surface area contributed by atoms with E-state index in [0.29, 0.717) is 12.6 Å². The van der Waals surface area contributed by atoms with Gasteiger partial charge < -0.3 is 20.3 Å². The molecule has 2 aromatic carbocycles. The van der Waals surface area contributed by atoms with Crippen LogP contribution in [0.3, 0.4) is 0 Å². The van der Waals surface area contributed by atoms with Crippen molar-refractivity contribution >= 4 is 29.0 Å². The van der Waals surface area contributed by atoms with Crippen molar-refractivity contribution in [2.45, 2.75) is 40.0 Å². The average molecular weight is 418 g/mol. The van der Waals surface area contributed by atoms with Crippen LogP contribution in [0.5, 0.6) is 5.75 Å². The Bertz CT molecular complexity index is 1010. The zero-order chi connectivity index (χ0) is 21.6. The quantitative estimate of drug-likeness (QED) is 0.494. The second-order valence-electron chi connectivity index (χ2n) is 8.01. The molecular weight excluding hydrogens is 386 g/mol. The Balaban J connectivity index is 1.63. The zero-order valence-corrected chi connectivity index (χ0v) is 18.6. The van der Waals surface area contributed by atoms with E-state index < -0.39 is 0 Å². The SMILES string of the molecule is CCOc1ccc(Nc2nc(Nc3cc(C)ccc3C)cc(N3CCCCC3)n2)cc1. The topological polar surface area (TPSA) is 62.3 Å². The van der Waals surface area contributed by atoms with Gasteiger partial charge in [0, 0.05) is 30.5 Å². The summed E-state index contributed by atoms with van der Waals surface area (Å²) in [6, 6.07) is 16.3. The van der Waals surface area contributed by atoms with Crippen LogP contribution in [0.1, 0.15) is 37.3 Å². The summed E-state index contributed by atoms with van der Waals surface area (Å²) in [7, 11) is 0. The highest BCUT2D eigenvalue weighted by Crippen LogP contribution is 2.27. The Hall–Kier alpha value is -3.28. The molecule has 2 heterocycles. The normalized spacial score (nSPS) is 13.7. The molecule has 0 atom stereocenters. The number of ether oxygens (including phenoxy) is 1. The number of piperidine rings is 1. The number of benzene rings is 2. The molecule has 31 heavy (non-hydrogen) atoms. The van der Waals surface area contributed by atoms with Crippen LogP contribution < -0.4 is 20.3 Å². The van der Waals surface area contributed by atoms with Gasteiger partial charge in [-0.25, -0.2) is 0 Å². The summed E-state index contributed by atoms with van der Waals surface area (Å²) in [4.78, 5) is 11.9. The predicted octanol–water partition coefficient (Wildman–Crippen LogP) is 5.97. The van der Waals surface area contributed by atoms with Crippen molar-refractivity contribution in [2.24, 2.45) is 0 Å². The molecule has 4 rings (SSSR count). The van der Waals surface area contributed by atoms with Crippen LogP contribution in [-0.2, 0) is 0 Å². The number of aryl methyl sites for hydroxylation is 2. The smallest absolute Gasteiger partial charge is 0.231 e. The lowest BCUT2D eigenvalue weighted by Crippen LogP contribution is -2.30. The summed E-state index contributed by atoms with van der Waals surface area (Å²) in [6.07, 6.45) is 3.68. The summed E-state index contributed by atoms with van der Waals surface area (Å²) in [6.45, 7) is 8.90. The van der Waals surface area contributed by atoms with Crippen LogP contribution in [0, 0.1) is 13.8 Å². The molecule has 0 amide bonds. The van der Waals surface area contributed by atoms with E-state index in [1.165, 1.54) is 30.4 Å². The van der Waals surface area contributed by atoms with E-state index in [1.807, 2.05) is 31.2 Å². The van der Waals surface area contributed by atoms with E-state index in [9.17, 15) is 0 Å². The van der Waals surface area contributed by atoms with Crippen molar-refractivity contribution < 1.29 is 4.74 Å². The van der Waals surface area contributed by atoms with Gasteiger partial charge in [-0.3, -0.25) is 0 Å². The van der Waals surface area contributed by atoms with Gasteiger partial charge in [0.25, 0.3) is 0 Å². The van der Waals surface area contributed by atoms with Gasteiger partial charge in [0.1, 0.15) is 17.4 Å². The largest absolute Gasteiger partial charge is 0.494 e. The fraction of sp³-hybridized carbons (Fsp3) is 0.360. The molecule has 3 aromatic rings. The van der Waals surface area contributed by atoms with Gasteiger partial charge in [-0.05, 0) is 81.5 Å². The molecule has 162 valence electrons. The van der Waals surface area contributed by atoms with Crippen LogP contribution >= 0.6 is 0 Å². The predicted molar refractivity (Wildman–Crippen MR) is 128 cm³/mol. The molecule has 0 saturated carbocycles. The van der Waals surface area contributed by atoms with E-state index in [0.717, 1.165) is 41.8 Å². The monoisotopic (exact) mass is 417 g/mol. The van der Waals surface area contributed by atoms with E-state index >= 15 is 0 Å². The number of nitrogens with one attached hydrogen (secondary N) is 2. The highest BCUT2D eigenvalue weighted by Gasteiger charge is 2.15. The molecule has 0 aliphatic carbocycles. The van der Waals surface area contributed by atoms with Gasteiger partial charge in [0.05, 0.1) is 6.61 Å². The molecule has 6 heteroatoms. The molecule has 0 radical (unpaired) electrons. The Morgan fingerprint density at radius 2 is 1.68 bits per heavy atom. The first-order valence-corrected chi connectivity index (χ1v) is 11.1. The van der Waals surface area contributed by atoms with Gasteiger partial charge in [0.15, 0.2) is 0 Å². The summed E-state index contributed by atoms with van der Waals surface area (Å²) in [5, 5.41) is 6.87. The third-order valence-electron chi connectivity index (χ3n) is 5.47. The maximum Gasteiger partial charge on any atom is 0.231 e. The third-order valence-corrected chi connectivity index (χ3v) is 5.47. The maximum atomic E-state index is 5.54. The highest BCUT2D eigenvalue weighted by molar-refractivity contribution is 5.66. The number of hydrogen-bond donors (Lipinski definition) is 2. The lowest BCUT2D eigenvalue weighted by molar-refractivity contribution is 0.340. The van der Waals surface area contributed by atoms with E-state index in [1.54, 1.807) is 0 Å². The van der Waals surface area contributed by atoms with E-state index in [4.69, 9.17) is 14.7 Å². The molecule has 1 fully saturated rings. The number of hydrogen-bond acceptors (Lipinski definition) is 6. The summed E-state index contributed by atoms with van der Waals surface area (Å²) in [5.41, 5.74) is 4.39. The van der Waals surface area contributed by atoms with Gasteiger partial charge in [0.2, 0.25) is 5.95 Å². The number of aromatic nitrogens is 2.